The van der Waals surface area contributed by atoms with Crippen LogP contribution in [0.2, 0.25) is 0 Å². The zero-order chi connectivity index (χ0) is 22.0. The van der Waals surface area contributed by atoms with Crippen molar-refractivity contribution in [2.24, 2.45) is 5.73 Å². The van der Waals surface area contributed by atoms with E-state index in [1.165, 1.54) is 0 Å². The highest BCUT2D eigenvalue weighted by atomic mass is 35.5. The Morgan fingerprint density at radius 3 is 1.79 bits per heavy atom. The summed E-state index contributed by atoms with van der Waals surface area (Å²) in [6.45, 7) is 4.04. The Bertz CT molecular complexity index is 1260. The molecule has 0 spiro atoms. The van der Waals surface area contributed by atoms with Gasteiger partial charge in [-0.05, 0) is 51.0 Å². The molecule has 0 aliphatic rings. The largest absolute Gasteiger partial charge is 0.461 e. The number of nitrogens with one attached hydrogen (secondary N) is 3. The Labute approximate surface area is 205 Å². The third kappa shape index (κ3) is 6.30. The standard InChI is InChI=1S/C25H28N4O2.2ClH/c1-15(2)29-25(28)19-10-8-17-12-21(31-23(17)14-19)6-4-3-5-20-11-16-7-9-18(24(26)27)13-22(16)30-20;;/h7-15H,3-6H2,1-2H3,(H3,26,27)(H2,28,29);2*1H. The molecule has 0 aliphatic carbocycles. The molecule has 0 bridgehead atoms. The molecule has 4 aromatic rings. The molecule has 2 aromatic heterocycles. The maximum Gasteiger partial charge on any atom is 0.135 e. The fraction of sp³-hybridized carbons (Fsp3) is 0.280. The van der Waals surface area contributed by atoms with E-state index in [2.05, 4.69) is 17.4 Å². The van der Waals surface area contributed by atoms with Gasteiger partial charge in [0.2, 0.25) is 0 Å². The monoisotopic (exact) mass is 488 g/mol. The van der Waals surface area contributed by atoms with Crippen molar-refractivity contribution in [2.45, 2.75) is 45.6 Å². The predicted molar refractivity (Wildman–Crippen MR) is 140 cm³/mol. The molecule has 0 atom stereocenters. The first-order valence-electron chi connectivity index (χ1n) is 10.6. The number of aryl methyl sites for hydroxylation is 2. The third-order valence-electron chi connectivity index (χ3n) is 5.27. The number of furan rings is 2. The molecular formula is C25H30Cl2N4O2. The van der Waals surface area contributed by atoms with Gasteiger partial charge >= 0.3 is 0 Å². The molecule has 0 saturated carbocycles. The van der Waals surface area contributed by atoms with E-state index in [0.29, 0.717) is 11.4 Å². The minimum absolute atomic E-state index is 0. The average molecular weight is 489 g/mol. The lowest BCUT2D eigenvalue weighted by atomic mass is 10.1. The van der Waals surface area contributed by atoms with Crippen LogP contribution in [0, 0.1) is 10.8 Å². The number of fused-ring (bicyclic) bond motifs is 2. The van der Waals surface area contributed by atoms with Crippen LogP contribution in [-0.2, 0) is 12.8 Å². The van der Waals surface area contributed by atoms with Crippen LogP contribution < -0.4 is 11.1 Å². The molecule has 0 amide bonds. The smallest absolute Gasteiger partial charge is 0.135 e. The normalized spacial score (nSPS) is 10.8. The number of amidine groups is 2. The molecule has 4 rings (SSSR count). The lowest BCUT2D eigenvalue weighted by Gasteiger charge is -2.10. The molecule has 0 saturated heterocycles. The van der Waals surface area contributed by atoms with E-state index in [1.54, 1.807) is 0 Å². The molecule has 2 heterocycles. The van der Waals surface area contributed by atoms with Gasteiger partial charge in [0.05, 0.1) is 0 Å². The molecule has 5 N–H and O–H groups in total. The molecule has 0 aliphatic heterocycles. The summed E-state index contributed by atoms with van der Waals surface area (Å²) in [6, 6.07) is 15.9. The average Bonchev–Trinajstić information content (AvgIpc) is 3.32. The molecule has 6 nitrogen and oxygen atoms in total. The second-order valence-electron chi connectivity index (χ2n) is 8.23. The van der Waals surface area contributed by atoms with Crippen molar-refractivity contribution in [2.75, 3.05) is 0 Å². The summed E-state index contributed by atoms with van der Waals surface area (Å²) in [6.07, 6.45) is 3.70. The number of hydrogen-bond acceptors (Lipinski definition) is 4. The van der Waals surface area contributed by atoms with Gasteiger partial charge in [0, 0.05) is 40.8 Å². The number of nitrogen functional groups attached to an aromatic ring is 1. The van der Waals surface area contributed by atoms with Gasteiger partial charge in [-0.3, -0.25) is 10.8 Å². The van der Waals surface area contributed by atoms with E-state index in [-0.39, 0.29) is 36.7 Å². The fourth-order valence-electron chi connectivity index (χ4n) is 3.71. The number of halogens is 2. The Morgan fingerprint density at radius 2 is 1.30 bits per heavy atom. The summed E-state index contributed by atoms with van der Waals surface area (Å²) in [5, 5.41) is 20.9. The molecular weight excluding hydrogens is 459 g/mol. The number of unbranched alkanes of at least 4 members (excludes halogenated alkanes) is 1. The minimum Gasteiger partial charge on any atom is -0.461 e. The van der Waals surface area contributed by atoms with Crippen LogP contribution in [0.5, 0.6) is 0 Å². The maximum atomic E-state index is 8.15. The SMILES string of the molecule is CC(C)NC(=N)c1ccc2cc(CCCCc3cc4ccc(C(=N)N)cc4o3)oc2c1.Cl.Cl. The summed E-state index contributed by atoms with van der Waals surface area (Å²) >= 11 is 0. The highest BCUT2D eigenvalue weighted by Crippen LogP contribution is 2.24. The van der Waals surface area contributed by atoms with E-state index in [4.69, 9.17) is 25.4 Å². The first-order valence-corrected chi connectivity index (χ1v) is 10.6. The van der Waals surface area contributed by atoms with Crippen molar-refractivity contribution in [3.8, 4) is 0 Å². The molecule has 33 heavy (non-hydrogen) atoms. The van der Waals surface area contributed by atoms with Crippen LogP contribution in [-0.4, -0.2) is 17.7 Å². The van der Waals surface area contributed by atoms with Crippen molar-refractivity contribution in [3.05, 3.63) is 71.2 Å². The van der Waals surface area contributed by atoms with Crippen LogP contribution in [0.4, 0.5) is 0 Å². The lowest BCUT2D eigenvalue weighted by Crippen LogP contribution is -2.30. The predicted octanol–water partition coefficient (Wildman–Crippen LogP) is 6.20. The van der Waals surface area contributed by atoms with E-state index in [1.807, 2.05) is 50.2 Å². The van der Waals surface area contributed by atoms with Gasteiger partial charge in [0.1, 0.15) is 34.4 Å². The van der Waals surface area contributed by atoms with Gasteiger partial charge in [-0.15, -0.1) is 24.8 Å². The first-order chi connectivity index (χ1) is 14.9. The van der Waals surface area contributed by atoms with E-state index in [9.17, 15) is 0 Å². The second kappa shape index (κ2) is 11.3. The van der Waals surface area contributed by atoms with Crippen molar-refractivity contribution in [3.63, 3.8) is 0 Å². The number of rotatable bonds is 8. The maximum absolute atomic E-state index is 8.15. The summed E-state index contributed by atoms with van der Waals surface area (Å²) in [7, 11) is 0. The third-order valence-corrected chi connectivity index (χ3v) is 5.27. The van der Waals surface area contributed by atoms with E-state index >= 15 is 0 Å². The molecule has 176 valence electrons. The Balaban J connectivity index is 0.00000193. The van der Waals surface area contributed by atoms with E-state index in [0.717, 1.165) is 64.7 Å². The first kappa shape index (κ1) is 26.3. The molecule has 2 aromatic carbocycles. The summed E-state index contributed by atoms with van der Waals surface area (Å²) < 4.78 is 11.9. The van der Waals surface area contributed by atoms with Crippen molar-refractivity contribution in [1.29, 1.82) is 10.8 Å². The number of nitrogens with two attached hydrogens (primary N) is 1. The van der Waals surface area contributed by atoms with Gasteiger partial charge < -0.3 is 19.9 Å². The van der Waals surface area contributed by atoms with Gasteiger partial charge in [0.15, 0.2) is 0 Å². The Morgan fingerprint density at radius 1 is 0.818 bits per heavy atom. The molecule has 8 heteroatoms. The number of hydrogen-bond donors (Lipinski definition) is 4. The topological polar surface area (TPSA) is 112 Å². The zero-order valence-corrected chi connectivity index (χ0v) is 20.4. The van der Waals surface area contributed by atoms with Gasteiger partial charge in [-0.2, -0.15) is 0 Å². The lowest BCUT2D eigenvalue weighted by molar-refractivity contribution is 0.509. The van der Waals surface area contributed by atoms with Crippen LogP contribution in [0.25, 0.3) is 21.9 Å². The highest BCUT2D eigenvalue weighted by Gasteiger charge is 2.09. The van der Waals surface area contributed by atoms with Crippen molar-refractivity contribution >= 4 is 58.4 Å². The summed E-state index contributed by atoms with van der Waals surface area (Å²) in [5.41, 5.74) is 8.66. The van der Waals surface area contributed by atoms with Crippen LogP contribution in [0.15, 0.2) is 57.4 Å². The fourth-order valence-corrected chi connectivity index (χ4v) is 3.71. The van der Waals surface area contributed by atoms with Gasteiger partial charge in [-0.1, -0.05) is 24.3 Å². The molecule has 0 unspecified atom stereocenters. The Hall–Kier alpha value is -2.96. The van der Waals surface area contributed by atoms with Crippen molar-refractivity contribution < 1.29 is 8.83 Å². The molecule has 0 fully saturated rings. The molecule has 0 radical (unpaired) electrons. The van der Waals surface area contributed by atoms with Crippen LogP contribution in [0.1, 0.15) is 49.3 Å². The minimum atomic E-state index is 0. The van der Waals surface area contributed by atoms with Crippen LogP contribution in [0.3, 0.4) is 0 Å². The van der Waals surface area contributed by atoms with Gasteiger partial charge in [0.25, 0.3) is 0 Å². The van der Waals surface area contributed by atoms with Gasteiger partial charge in [-0.25, -0.2) is 0 Å². The quantitative estimate of drug-likeness (QED) is 0.134. The summed E-state index contributed by atoms with van der Waals surface area (Å²) in [4.78, 5) is 0. The van der Waals surface area contributed by atoms with Crippen LogP contribution >= 0.6 is 24.8 Å². The zero-order valence-electron chi connectivity index (χ0n) is 18.7. The van der Waals surface area contributed by atoms with Crippen molar-refractivity contribution in [1.82, 2.24) is 5.32 Å². The van der Waals surface area contributed by atoms with E-state index < -0.39 is 0 Å². The summed E-state index contributed by atoms with van der Waals surface area (Å²) in [5.74, 6) is 2.37. The highest BCUT2D eigenvalue weighted by molar-refractivity contribution is 5.99. The Kier molecular flexibility index (Phi) is 8.97. The second-order valence-corrected chi connectivity index (χ2v) is 8.23. The number of benzene rings is 2.